The van der Waals surface area contributed by atoms with Gasteiger partial charge in [-0.3, -0.25) is 0 Å². The Hall–Kier alpha value is -2.81. The first-order valence-corrected chi connectivity index (χ1v) is 15.2. The molecule has 12 nitrogen and oxygen atoms in total. The molecule has 10 atom stereocenters. The molecular weight excluding hydrogens is 572 g/mol. The average molecular weight is 617 g/mol. The maximum atomic E-state index is 13.2. The first kappa shape index (κ1) is 32.6. The average Bonchev–Trinajstić information content (AvgIpc) is 3.00. The lowest BCUT2D eigenvalue weighted by atomic mass is 9.73. The summed E-state index contributed by atoms with van der Waals surface area (Å²) < 4.78 is 23.9. The molecule has 1 aliphatic carbocycles. The summed E-state index contributed by atoms with van der Waals surface area (Å²) in [5.41, 5.74) is -0.145. The first-order chi connectivity index (χ1) is 21.0. The summed E-state index contributed by atoms with van der Waals surface area (Å²) in [4.78, 5) is 14.4. The molecule has 0 spiro atoms. The van der Waals surface area contributed by atoms with Crippen LogP contribution in [0.1, 0.15) is 37.8 Å². The Kier molecular flexibility index (Phi) is 9.83. The maximum Gasteiger partial charge on any atom is 0.410 e. The predicted octanol–water partition coefficient (Wildman–Crippen LogP) is 1.26. The number of hydrogen-bond donors (Lipinski definition) is 6. The second-order valence-corrected chi connectivity index (χ2v) is 12.2. The molecule has 44 heavy (non-hydrogen) atoms. The number of aliphatic hydroxyl groups excluding tert-OH is 2. The van der Waals surface area contributed by atoms with Gasteiger partial charge in [0, 0.05) is 25.9 Å². The third-order valence-corrected chi connectivity index (χ3v) is 9.14. The van der Waals surface area contributed by atoms with Gasteiger partial charge in [0.15, 0.2) is 0 Å². The predicted molar refractivity (Wildman–Crippen MR) is 157 cm³/mol. The van der Waals surface area contributed by atoms with E-state index in [1.54, 1.807) is 31.2 Å². The third-order valence-electron chi connectivity index (χ3n) is 9.14. The number of ether oxygens (including phenoxy) is 4. The quantitative estimate of drug-likeness (QED) is 0.224. The Morgan fingerprint density at radius 2 is 1.73 bits per heavy atom. The Labute approximate surface area is 257 Å². The maximum absolute atomic E-state index is 13.2. The van der Waals surface area contributed by atoms with Crippen LogP contribution in [0, 0.1) is 5.92 Å². The van der Waals surface area contributed by atoms with Crippen LogP contribution < -0.4 is 5.32 Å². The van der Waals surface area contributed by atoms with E-state index in [4.69, 9.17) is 18.9 Å². The van der Waals surface area contributed by atoms with Crippen LogP contribution in [0.2, 0.25) is 0 Å². The van der Waals surface area contributed by atoms with Crippen molar-refractivity contribution in [2.24, 2.45) is 5.92 Å². The van der Waals surface area contributed by atoms with Gasteiger partial charge in [0.25, 0.3) is 0 Å². The van der Waals surface area contributed by atoms with Crippen molar-refractivity contribution in [2.45, 2.75) is 94.0 Å². The molecule has 6 N–H and O–H groups in total. The van der Waals surface area contributed by atoms with E-state index in [1.165, 1.54) is 11.9 Å². The molecule has 0 bridgehead atoms. The normalized spacial score (nSPS) is 36.6. The number of fused-ring (bicyclic) bond motifs is 2. The van der Waals surface area contributed by atoms with E-state index in [1.807, 2.05) is 37.3 Å². The van der Waals surface area contributed by atoms with E-state index in [2.05, 4.69) is 5.32 Å². The summed E-state index contributed by atoms with van der Waals surface area (Å²) in [6, 6.07) is 14.9. The lowest BCUT2D eigenvalue weighted by Crippen LogP contribution is -2.80. The highest BCUT2D eigenvalue weighted by Crippen LogP contribution is 2.48. The van der Waals surface area contributed by atoms with Gasteiger partial charge >= 0.3 is 6.09 Å². The summed E-state index contributed by atoms with van der Waals surface area (Å²) in [6.07, 6.45) is -6.52. The van der Waals surface area contributed by atoms with Crippen LogP contribution in [0.15, 0.2) is 54.6 Å². The third kappa shape index (κ3) is 6.31. The van der Waals surface area contributed by atoms with Crippen LogP contribution >= 0.6 is 0 Å². The molecule has 1 amide bonds. The second kappa shape index (κ2) is 13.3. The smallest absolute Gasteiger partial charge is 0.410 e. The van der Waals surface area contributed by atoms with Gasteiger partial charge in [-0.15, -0.1) is 0 Å². The van der Waals surface area contributed by atoms with E-state index in [0.717, 1.165) is 11.1 Å². The van der Waals surface area contributed by atoms with Crippen LogP contribution in [0.4, 0.5) is 4.79 Å². The van der Waals surface area contributed by atoms with E-state index >= 15 is 0 Å². The Balaban J connectivity index is 1.35. The molecule has 2 aromatic carbocycles. The number of hydrogen-bond acceptors (Lipinski definition) is 11. The molecule has 5 rings (SSSR count). The van der Waals surface area contributed by atoms with Crippen molar-refractivity contribution in [1.82, 2.24) is 10.2 Å². The Morgan fingerprint density at radius 1 is 1.02 bits per heavy atom. The zero-order chi connectivity index (χ0) is 31.6. The molecule has 2 saturated heterocycles. The van der Waals surface area contributed by atoms with E-state index in [0.29, 0.717) is 19.4 Å². The van der Waals surface area contributed by atoms with Crippen molar-refractivity contribution in [2.75, 3.05) is 20.1 Å². The number of phenolic OH excluding ortho intramolecular Hbond substituents is 1. The molecule has 3 fully saturated rings. The minimum atomic E-state index is -2.41. The second-order valence-electron chi connectivity index (χ2n) is 12.2. The molecule has 2 heterocycles. The van der Waals surface area contributed by atoms with Gasteiger partial charge in [-0.05, 0) is 49.6 Å². The monoisotopic (exact) mass is 616 g/mol. The van der Waals surface area contributed by atoms with Crippen molar-refractivity contribution in [3.05, 3.63) is 65.7 Å². The molecule has 2 aliphatic heterocycles. The Morgan fingerprint density at radius 3 is 2.41 bits per heavy atom. The van der Waals surface area contributed by atoms with E-state index < -0.39 is 66.3 Å². The van der Waals surface area contributed by atoms with Crippen LogP contribution in [0.5, 0.6) is 5.75 Å². The van der Waals surface area contributed by atoms with Crippen LogP contribution in [-0.4, -0.2) is 111 Å². The minimum Gasteiger partial charge on any atom is -0.508 e. The summed E-state index contributed by atoms with van der Waals surface area (Å²) >= 11 is 0. The number of carbonyl (C=O) groups is 1. The summed E-state index contributed by atoms with van der Waals surface area (Å²) in [5, 5.41) is 59.4. The number of amides is 1. The molecule has 2 aromatic rings. The van der Waals surface area contributed by atoms with Crippen molar-refractivity contribution < 1.29 is 49.3 Å². The molecule has 1 saturated carbocycles. The fourth-order valence-electron chi connectivity index (χ4n) is 6.67. The number of benzene rings is 2. The van der Waals surface area contributed by atoms with Gasteiger partial charge in [0.2, 0.25) is 12.1 Å². The number of phenols is 1. The standard InChI is InChI=1S/C32H44N2O10/c1-4-23-25(36)24(34(3)30(38)41-17-21-8-6-5-7-9-21)27-28(26(23)37)43-29-32(40,44-27)31(39,16-19(2)42-29)18-33-15-14-20-10-12-22(35)13-11-20/h5-13,19,23-29,33,35-37,39-40H,4,14-18H2,1-3H3/t19-,23-,24+,25+,26+,27-,28-,29+,31-,32-/m1/s1. The number of rotatable bonds is 9. The van der Waals surface area contributed by atoms with Gasteiger partial charge in [0.05, 0.1) is 24.4 Å². The molecule has 0 aromatic heterocycles. The summed E-state index contributed by atoms with van der Waals surface area (Å²) in [7, 11) is 1.46. The largest absolute Gasteiger partial charge is 0.508 e. The van der Waals surface area contributed by atoms with Crippen LogP contribution in [-0.2, 0) is 32.0 Å². The number of carbonyl (C=O) groups excluding carboxylic acids is 1. The fraction of sp³-hybridized carbons (Fsp3) is 0.594. The highest BCUT2D eigenvalue weighted by molar-refractivity contribution is 5.68. The fourth-order valence-corrected chi connectivity index (χ4v) is 6.67. The van der Waals surface area contributed by atoms with Crippen molar-refractivity contribution in [3.63, 3.8) is 0 Å². The van der Waals surface area contributed by atoms with Crippen LogP contribution in [0.3, 0.4) is 0 Å². The molecule has 0 radical (unpaired) electrons. The lowest BCUT2D eigenvalue weighted by Gasteiger charge is -2.60. The van der Waals surface area contributed by atoms with Gasteiger partial charge < -0.3 is 54.7 Å². The number of nitrogens with one attached hydrogen (secondary N) is 1. The van der Waals surface area contributed by atoms with Gasteiger partial charge in [0.1, 0.15) is 30.2 Å². The zero-order valence-electron chi connectivity index (χ0n) is 25.3. The molecule has 3 aliphatic rings. The highest BCUT2D eigenvalue weighted by Gasteiger charge is 2.69. The number of likely N-dealkylation sites (N-methyl/N-ethyl adjacent to an activating group) is 1. The van der Waals surface area contributed by atoms with Crippen molar-refractivity contribution in [1.29, 1.82) is 0 Å². The summed E-state index contributed by atoms with van der Waals surface area (Å²) in [6.45, 7) is 3.92. The van der Waals surface area contributed by atoms with Gasteiger partial charge in [-0.25, -0.2) is 4.79 Å². The lowest BCUT2D eigenvalue weighted by molar-refractivity contribution is -0.484. The van der Waals surface area contributed by atoms with Crippen LogP contribution in [0.25, 0.3) is 0 Å². The van der Waals surface area contributed by atoms with Gasteiger partial charge in [-0.1, -0.05) is 49.4 Å². The highest BCUT2D eigenvalue weighted by atomic mass is 16.8. The van der Waals surface area contributed by atoms with E-state index in [9.17, 15) is 30.3 Å². The van der Waals surface area contributed by atoms with Crippen molar-refractivity contribution in [3.8, 4) is 5.75 Å². The molecule has 12 heteroatoms. The SMILES string of the molecule is CC[C@H]1[C@H](O)[C@H]2O[C@@H]3O[C@H](C)C[C@@](O)(CNCCc4ccc(O)cc4)[C@]3(O)O[C@@H]2[C@@H](N(C)C(=O)OCc2ccccc2)[C@H]1O. The Bertz CT molecular complexity index is 1250. The number of aromatic hydroxyl groups is 1. The molecule has 0 unspecified atom stereocenters. The number of aliphatic hydroxyl groups is 4. The molecule has 242 valence electrons. The zero-order valence-corrected chi connectivity index (χ0v) is 25.3. The summed E-state index contributed by atoms with van der Waals surface area (Å²) in [5.74, 6) is -2.91. The molecular formula is C32H44N2O10. The van der Waals surface area contributed by atoms with Crippen molar-refractivity contribution >= 4 is 6.09 Å². The number of nitrogens with zero attached hydrogens (tertiary/aromatic N) is 1. The van der Waals surface area contributed by atoms with Gasteiger partial charge in [-0.2, -0.15) is 0 Å². The van der Waals surface area contributed by atoms with E-state index in [-0.39, 0.29) is 25.3 Å². The minimum absolute atomic E-state index is 0.00469. The first-order valence-electron chi connectivity index (χ1n) is 15.2. The topological polar surface area (TPSA) is 170 Å².